The number of alkyl halides is 6. The van der Waals surface area contributed by atoms with Crippen LogP contribution in [-0.2, 0) is 14.3 Å². The molecule has 0 radical (unpaired) electrons. The number of benzene rings is 1. The van der Waals surface area contributed by atoms with Crippen LogP contribution in [0.5, 0.6) is 0 Å². The minimum absolute atomic E-state index is 0.0559. The molecule has 188 valence electrons. The minimum Gasteiger partial charge on any atom is -0.478 e. The van der Waals surface area contributed by atoms with Crippen molar-refractivity contribution in [1.29, 1.82) is 0 Å². The van der Waals surface area contributed by atoms with Crippen LogP contribution in [0, 0.1) is 0 Å². The van der Waals surface area contributed by atoms with Crippen LogP contribution in [0.1, 0.15) is 29.6 Å². The number of nitrogens with zero attached hydrogens (tertiary/aromatic N) is 2. The summed E-state index contributed by atoms with van der Waals surface area (Å²) in [6.07, 6.45) is -10.1. The molecule has 3 rings (SSSR count). The Morgan fingerprint density at radius 2 is 1.68 bits per heavy atom. The molecule has 2 heterocycles. The summed E-state index contributed by atoms with van der Waals surface area (Å²) in [6, 6.07) is 1.61. The first-order valence-electron chi connectivity index (χ1n) is 10.3. The van der Waals surface area contributed by atoms with Gasteiger partial charge < -0.3 is 25.0 Å². The average Bonchev–Trinajstić information content (AvgIpc) is 3.21. The van der Waals surface area contributed by atoms with Gasteiger partial charge in [0, 0.05) is 44.1 Å². The number of rotatable bonds is 5. The van der Waals surface area contributed by atoms with Crippen LogP contribution >= 0.6 is 0 Å². The van der Waals surface area contributed by atoms with E-state index >= 15 is 0 Å². The van der Waals surface area contributed by atoms with Crippen molar-refractivity contribution in [2.24, 2.45) is 0 Å². The van der Waals surface area contributed by atoms with Gasteiger partial charge in [0.25, 0.3) is 0 Å². The smallest absolute Gasteiger partial charge is 0.471 e. The van der Waals surface area contributed by atoms with E-state index in [2.05, 4.69) is 0 Å². The molecule has 1 aromatic carbocycles. The molecule has 0 spiro atoms. The second kappa shape index (κ2) is 9.68. The summed E-state index contributed by atoms with van der Waals surface area (Å²) in [5, 5.41) is 11.4. The Kier molecular flexibility index (Phi) is 7.29. The second-order valence-corrected chi connectivity index (χ2v) is 7.93. The first kappa shape index (κ1) is 25.6. The first-order chi connectivity index (χ1) is 15.8. The predicted octanol–water partition coefficient (Wildman–Crippen LogP) is 2.72. The normalized spacial score (nSPS) is 19.7. The number of hydrogen-bond acceptors (Lipinski definition) is 5. The lowest BCUT2D eigenvalue weighted by molar-refractivity contribution is -0.174. The fraction of sp³-hybridized carbons (Fsp3) is 0.550. The number of amides is 2. The summed E-state index contributed by atoms with van der Waals surface area (Å²) in [4.78, 5) is 37.2. The van der Waals surface area contributed by atoms with Gasteiger partial charge in [0.2, 0.25) is 0 Å². The summed E-state index contributed by atoms with van der Waals surface area (Å²) in [5.41, 5.74) is -0.799. The molecule has 34 heavy (non-hydrogen) atoms. The molecule has 2 saturated heterocycles. The second-order valence-electron chi connectivity index (χ2n) is 7.93. The van der Waals surface area contributed by atoms with E-state index in [0.29, 0.717) is 4.90 Å². The lowest BCUT2D eigenvalue weighted by atomic mass is 10.0. The van der Waals surface area contributed by atoms with Crippen molar-refractivity contribution in [2.45, 2.75) is 43.7 Å². The molecule has 1 unspecified atom stereocenters. The molecule has 8 nitrogen and oxygen atoms in total. The molecule has 0 saturated carbocycles. The van der Waals surface area contributed by atoms with Gasteiger partial charge in [-0.15, -0.1) is 0 Å². The zero-order valence-electron chi connectivity index (χ0n) is 17.6. The molecule has 2 fully saturated rings. The Hall–Kier alpha value is -3.03. The monoisotopic (exact) mass is 497 g/mol. The van der Waals surface area contributed by atoms with Gasteiger partial charge in [0.1, 0.15) is 0 Å². The van der Waals surface area contributed by atoms with Crippen molar-refractivity contribution >= 4 is 29.2 Å². The van der Waals surface area contributed by atoms with Crippen LogP contribution < -0.4 is 15.1 Å². The summed E-state index contributed by atoms with van der Waals surface area (Å²) in [7, 11) is 0. The van der Waals surface area contributed by atoms with Crippen molar-refractivity contribution in [3.05, 3.63) is 23.8 Å². The van der Waals surface area contributed by atoms with Crippen LogP contribution in [0.4, 0.5) is 37.7 Å². The highest BCUT2D eigenvalue weighted by Gasteiger charge is 2.46. The van der Waals surface area contributed by atoms with E-state index in [0.717, 1.165) is 12.1 Å². The van der Waals surface area contributed by atoms with E-state index < -0.39 is 53.5 Å². The predicted molar refractivity (Wildman–Crippen MR) is 106 cm³/mol. The third-order valence-electron chi connectivity index (χ3n) is 5.63. The van der Waals surface area contributed by atoms with Crippen molar-refractivity contribution < 1.29 is 50.6 Å². The maximum absolute atomic E-state index is 13.4. The van der Waals surface area contributed by atoms with Crippen molar-refractivity contribution in [2.75, 3.05) is 36.1 Å². The number of carboxylic acid groups (broad SMARTS) is 1. The number of anilines is 2. The van der Waals surface area contributed by atoms with Crippen LogP contribution in [0.15, 0.2) is 18.2 Å². The van der Waals surface area contributed by atoms with Crippen molar-refractivity contribution in [3.63, 3.8) is 0 Å². The van der Waals surface area contributed by atoms with Gasteiger partial charge in [-0.25, -0.2) is 4.79 Å². The van der Waals surface area contributed by atoms with E-state index in [-0.39, 0.29) is 51.3 Å². The van der Waals surface area contributed by atoms with E-state index in [9.17, 15) is 45.8 Å². The Labute approximate surface area is 189 Å². The molecule has 2 aliphatic rings. The Balaban J connectivity index is 1.94. The molecule has 2 N–H and O–H groups in total. The van der Waals surface area contributed by atoms with Gasteiger partial charge in [0.05, 0.1) is 11.3 Å². The van der Waals surface area contributed by atoms with Gasteiger partial charge in [-0.3, -0.25) is 9.59 Å². The number of carbonyl (C=O) groups excluding carboxylic acids is 2. The number of halogens is 6. The van der Waals surface area contributed by atoms with Crippen LogP contribution in [-0.4, -0.2) is 73.6 Å². The van der Waals surface area contributed by atoms with Crippen LogP contribution in [0.2, 0.25) is 0 Å². The molecule has 2 aliphatic heterocycles. The molecule has 0 bridgehead atoms. The van der Waals surface area contributed by atoms with E-state index in [1.54, 1.807) is 0 Å². The summed E-state index contributed by atoms with van der Waals surface area (Å²) in [5.74, 6) is -5.89. The number of carboxylic acids is 1. The van der Waals surface area contributed by atoms with Crippen LogP contribution in [0.25, 0.3) is 0 Å². The fourth-order valence-electron chi connectivity index (χ4n) is 4.03. The highest BCUT2D eigenvalue weighted by Crippen LogP contribution is 2.35. The third-order valence-corrected chi connectivity index (χ3v) is 5.63. The highest BCUT2D eigenvalue weighted by molar-refractivity contribution is 6.05. The zero-order chi connectivity index (χ0) is 25.3. The largest absolute Gasteiger partial charge is 0.478 e. The topological polar surface area (TPSA) is 99.2 Å². The standard InChI is InChI=1S/C20H21F6N3O5/c21-19(22,23)17(32)27-11-3-6-28(10-11)13-1-2-14(16(30)31)15(9-13)29(18(33)20(24,25)26)12-4-7-34-8-5-12/h1-2,9,11-12H,3-8,10H2,(H,27,32)(H,30,31). The summed E-state index contributed by atoms with van der Waals surface area (Å²) < 4.78 is 83.0. The zero-order valence-corrected chi connectivity index (χ0v) is 17.6. The van der Waals surface area contributed by atoms with Crippen molar-refractivity contribution in [1.82, 2.24) is 5.32 Å². The van der Waals surface area contributed by atoms with E-state index in [1.807, 2.05) is 5.32 Å². The molecular formula is C20H21F6N3O5. The van der Waals surface area contributed by atoms with Gasteiger partial charge >= 0.3 is 30.1 Å². The molecule has 1 aromatic rings. The maximum atomic E-state index is 13.4. The number of carbonyl (C=O) groups is 3. The first-order valence-corrected chi connectivity index (χ1v) is 10.3. The molecular weight excluding hydrogens is 476 g/mol. The molecule has 14 heteroatoms. The summed E-state index contributed by atoms with van der Waals surface area (Å²) >= 11 is 0. The van der Waals surface area contributed by atoms with Gasteiger partial charge in [-0.2, -0.15) is 26.3 Å². The fourth-order valence-corrected chi connectivity index (χ4v) is 4.03. The molecule has 0 aliphatic carbocycles. The Morgan fingerprint density at radius 1 is 1.03 bits per heavy atom. The lowest BCUT2D eigenvalue weighted by Gasteiger charge is -2.36. The molecule has 0 aromatic heterocycles. The number of ether oxygens (including phenoxy) is 1. The maximum Gasteiger partial charge on any atom is 0.471 e. The summed E-state index contributed by atoms with van der Waals surface area (Å²) in [6.45, 7) is 0.236. The average molecular weight is 497 g/mol. The van der Waals surface area contributed by atoms with Gasteiger partial charge in [0.15, 0.2) is 0 Å². The minimum atomic E-state index is -5.27. The van der Waals surface area contributed by atoms with Gasteiger partial charge in [-0.05, 0) is 37.5 Å². The number of nitrogens with one attached hydrogen (secondary N) is 1. The van der Waals surface area contributed by atoms with E-state index in [1.165, 1.54) is 11.0 Å². The Morgan fingerprint density at radius 3 is 2.24 bits per heavy atom. The SMILES string of the molecule is O=C(O)c1ccc(N2CCC(NC(=O)C(F)(F)F)C2)cc1N(C(=O)C(F)(F)F)C1CCOCC1. The molecule has 2 amide bonds. The highest BCUT2D eigenvalue weighted by atomic mass is 19.4. The van der Waals surface area contributed by atoms with Crippen LogP contribution in [0.3, 0.4) is 0 Å². The lowest BCUT2D eigenvalue weighted by Crippen LogP contribution is -2.50. The quantitative estimate of drug-likeness (QED) is 0.608. The van der Waals surface area contributed by atoms with Crippen molar-refractivity contribution in [3.8, 4) is 0 Å². The van der Waals surface area contributed by atoms with E-state index in [4.69, 9.17) is 4.74 Å². The third kappa shape index (κ3) is 5.72. The Bertz CT molecular complexity index is 946. The number of hydrogen-bond donors (Lipinski definition) is 2. The van der Waals surface area contributed by atoms with Gasteiger partial charge in [-0.1, -0.05) is 0 Å². The molecule has 1 atom stereocenters. The number of aromatic carboxylic acids is 1.